The minimum Gasteiger partial charge on any atom is -0.364 e. The molecule has 1 saturated heterocycles. The third-order valence-electron chi connectivity index (χ3n) is 3.22. The molecule has 0 spiro atoms. The molecule has 1 heterocycles. The molecule has 0 aromatic heterocycles. The maximum Gasteiger partial charge on any atom is 0.599 e. The molecule has 4 nitrogen and oxygen atoms in total. The first-order chi connectivity index (χ1) is 7.24. The molecular formula is C10H23NO3Si. The Kier molecular flexibility index (Phi) is 5.21. The third kappa shape index (κ3) is 2.60. The van der Waals surface area contributed by atoms with Crippen LogP contribution in [0.5, 0.6) is 0 Å². The van der Waals surface area contributed by atoms with Gasteiger partial charge in [-0.3, -0.25) is 4.57 Å². The van der Waals surface area contributed by atoms with Gasteiger partial charge in [-0.15, -0.1) is 0 Å². The van der Waals surface area contributed by atoms with E-state index in [9.17, 15) is 0 Å². The summed E-state index contributed by atoms with van der Waals surface area (Å²) in [5.74, 6) is 0. The van der Waals surface area contributed by atoms with Gasteiger partial charge in [0.05, 0.1) is 0 Å². The molecule has 1 rings (SSSR count). The van der Waals surface area contributed by atoms with E-state index in [4.69, 9.17) is 13.3 Å². The zero-order valence-electron chi connectivity index (χ0n) is 10.3. The van der Waals surface area contributed by atoms with E-state index in [0.717, 1.165) is 13.0 Å². The van der Waals surface area contributed by atoms with Crippen molar-refractivity contribution < 1.29 is 13.3 Å². The molecule has 0 aliphatic carbocycles. The highest BCUT2D eigenvalue weighted by Gasteiger charge is 2.49. The number of rotatable bonds is 5. The summed E-state index contributed by atoms with van der Waals surface area (Å²) in [5, 5.41) is 0. The first-order valence-corrected chi connectivity index (χ1v) is 7.33. The molecule has 5 heteroatoms. The van der Waals surface area contributed by atoms with Crippen LogP contribution in [0.2, 0.25) is 0 Å². The second-order valence-electron chi connectivity index (χ2n) is 3.89. The molecule has 0 aromatic rings. The first kappa shape index (κ1) is 13.1. The van der Waals surface area contributed by atoms with Gasteiger partial charge in [0, 0.05) is 27.4 Å². The fourth-order valence-corrected chi connectivity index (χ4v) is 4.78. The van der Waals surface area contributed by atoms with Crippen molar-refractivity contribution in [3.05, 3.63) is 0 Å². The van der Waals surface area contributed by atoms with Crippen LogP contribution in [0.25, 0.3) is 0 Å². The van der Waals surface area contributed by atoms with Crippen molar-refractivity contribution in [2.24, 2.45) is 0 Å². The van der Waals surface area contributed by atoms with Crippen molar-refractivity contribution in [1.29, 1.82) is 0 Å². The van der Waals surface area contributed by atoms with Gasteiger partial charge in [0.25, 0.3) is 0 Å². The Labute approximate surface area is 93.9 Å². The van der Waals surface area contributed by atoms with Crippen molar-refractivity contribution in [2.45, 2.75) is 38.6 Å². The summed E-state index contributed by atoms with van der Waals surface area (Å²) in [6, 6.07) is 0.547. The first-order valence-electron chi connectivity index (χ1n) is 5.66. The zero-order chi connectivity index (χ0) is 11.3. The van der Waals surface area contributed by atoms with Crippen molar-refractivity contribution in [3.8, 4) is 0 Å². The van der Waals surface area contributed by atoms with Crippen LogP contribution in [0.3, 0.4) is 0 Å². The summed E-state index contributed by atoms with van der Waals surface area (Å²) >= 11 is 0. The standard InChI is InChI=1S/C10H23NO3Si/c1-5-10-8-6-7-9-11(10)15(12-2,13-3)14-4/h10H,5-9H2,1-4H3. The smallest absolute Gasteiger partial charge is 0.364 e. The minimum atomic E-state index is -2.57. The van der Waals surface area contributed by atoms with Gasteiger partial charge in [0.15, 0.2) is 0 Å². The maximum absolute atomic E-state index is 5.53. The van der Waals surface area contributed by atoms with E-state index in [2.05, 4.69) is 11.5 Å². The summed E-state index contributed by atoms with van der Waals surface area (Å²) in [6.07, 6.45) is 4.87. The lowest BCUT2D eigenvalue weighted by molar-refractivity contribution is 0.0294. The number of hydrogen-bond acceptors (Lipinski definition) is 4. The van der Waals surface area contributed by atoms with E-state index < -0.39 is 8.97 Å². The lowest BCUT2D eigenvalue weighted by Gasteiger charge is -2.42. The van der Waals surface area contributed by atoms with E-state index >= 15 is 0 Å². The second kappa shape index (κ2) is 5.96. The van der Waals surface area contributed by atoms with Gasteiger partial charge >= 0.3 is 8.97 Å². The largest absolute Gasteiger partial charge is 0.599 e. The quantitative estimate of drug-likeness (QED) is 0.675. The van der Waals surface area contributed by atoms with Crippen molar-refractivity contribution >= 4 is 8.97 Å². The van der Waals surface area contributed by atoms with Gasteiger partial charge in [-0.1, -0.05) is 13.3 Å². The monoisotopic (exact) mass is 233 g/mol. The summed E-state index contributed by atoms with van der Waals surface area (Å²) < 4.78 is 18.9. The van der Waals surface area contributed by atoms with Crippen LogP contribution in [0.1, 0.15) is 32.6 Å². The summed E-state index contributed by atoms with van der Waals surface area (Å²) in [7, 11) is 2.48. The molecule has 0 amide bonds. The molecule has 0 N–H and O–H groups in total. The SMILES string of the molecule is CCC1CCCCN1[Si](OC)(OC)OC. The van der Waals surface area contributed by atoms with E-state index in [1.165, 1.54) is 19.3 Å². The molecule has 90 valence electrons. The van der Waals surface area contributed by atoms with E-state index in [-0.39, 0.29) is 0 Å². The number of piperidine rings is 1. The molecule has 0 radical (unpaired) electrons. The summed E-state index contributed by atoms with van der Waals surface area (Å²) in [4.78, 5) is 0. The van der Waals surface area contributed by atoms with Crippen LogP contribution in [-0.2, 0) is 13.3 Å². The topological polar surface area (TPSA) is 30.9 Å². The normalized spacial score (nSPS) is 24.4. The van der Waals surface area contributed by atoms with Crippen LogP contribution >= 0.6 is 0 Å². The Balaban J connectivity index is 2.79. The van der Waals surface area contributed by atoms with Gasteiger partial charge in [0.2, 0.25) is 0 Å². The Hall–Kier alpha value is 0.0569. The van der Waals surface area contributed by atoms with Gasteiger partial charge in [-0.05, 0) is 25.8 Å². The minimum absolute atomic E-state index is 0.547. The molecule has 1 aliphatic rings. The molecule has 1 aliphatic heterocycles. The second-order valence-corrected chi connectivity index (χ2v) is 6.73. The zero-order valence-corrected chi connectivity index (χ0v) is 11.3. The molecule has 1 unspecified atom stereocenters. The third-order valence-corrected chi connectivity index (χ3v) is 6.06. The Morgan fingerprint density at radius 1 is 1.13 bits per heavy atom. The number of hydrogen-bond donors (Lipinski definition) is 0. The van der Waals surface area contributed by atoms with Crippen LogP contribution < -0.4 is 0 Å². The van der Waals surface area contributed by atoms with Crippen LogP contribution in [0.15, 0.2) is 0 Å². The molecule has 15 heavy (non-hydrogen) atoms. The molecule has 1 fully saturated rings. The summed E-state index contributed by atoms with van der Waals surface area (Å²) in [5.41, 5.74) is 0. The lowest BCUT2D eigenvalue weighted by atomic mass is 10.0. The highest BCUT2D eigenvalue weighted by molar-refractivity contribution is 6.57. The predicted molar refractivity (Wildman–Crippen MR) is 61.4 cm³/mol. The van der Waals surface area contributed by atoms with Crippen molar-refractivity contribution in [3.63, 3.8) is 0 Å². The highest BCUT2D eigenvalue weighted by Crippen LogP contribution is 2.26. The van der Waals surface area contributed by atoms with E-state index in [1.807, 2.05) is 0 Å². The average Bonchev–Trinajstić information content (AvgIpc) is 2.33. The summed E-state index contributed by atoms with van der Waals surface area (Å²) in [6.45, 7) is 3.24. The van der Waals surface area contributed by atoms with Gasteiger partial charge in [-0.25, -0.2) is 0 Å². The van der Waals surface area contributed by atoms with Crippen molar-refractivity contribution in [2.75, 3.05) is 27.9 Å². The molecule has 1 atom stereocenters. The van der Waals surface area contributed by atoms with E-state index in [1.54, 1.807) is 21.3 Å². The fraction of sp³-hybridized carbons (Fsp3) is 1.00. The molecular weight excluding hydrogens is 210 g/mol. The Bertz CT molecular complexity index is 179. The molecule has 0 saturated carbocycles. The van der Waals surface area contributed by atoms with Gasteiger partial charge in [-0.2, -0.15) is 0 Å². The van der Waals surface area contributed by atoms with Crippen LogP contribution in [0, 0.1) is 0 Å². The Morgan fingerprint density at radius 3 is 2.20 bits per heavy atom. The predicted octanol–water partition coefficient (Wildman–Crippen LogP) is 1.63. The van der Waals surface area contributed by atoms with Crippen LogP contribution in [-0.4, -0.2) is 47.4 Å². The lowest BCUT2D eigenvalue weighted by Crippen LogP contribution is -2.64. The average molecular weight is 233 g/mol. The van der Waals surface area contributed by atoms with E-state index in [0.29, 0.717) is 6.04 Å². The Morgan fingerprint density at radius 2 is 1.73 bits per heavy atom. The fourth-order valence-electron chi connectivity index (χ4n) is 2.39. The van der Waals surface area contributed by atoms with Gasteiger partial charge < -0.3 is 13.3 Å². The van der Waals surface area contributed by atoms with Crippen LogP contribution in [0.4, 0.5) is 0 Å². The molecule has 0 bridgehead atoms. The highest BCUT2D eigenvalue weighted by atomic mass is 28.4. The maximum atomic E-state index is 5.53. The number of nitrogens with zero attached hydrogens (tertiary/aromatic N) is 1. The van der Waals surface area contributed by atoms with Gasteiger partial charge in [0.1, 0.15) is 0 Å². The van der Waals surface area contributed by atoms with Crippen molar-refractivity contribution in [1.82, 2.24) is 4.57 Å². The molecule has 0 aromatic carbocycles.